The van der Waals surface area contributed by atoms with Gasteiger partial charge in [-0.1, -0.05) is 0 Å². The van der Waals surface area contributed by atoms with Gasteiger partial charge in [0.15, 0.2) is 0 Å². The second kappa shape index (κ2) is 7.14. The number of carbonyl (C=O) groups is 1. The lowest BCUT2D eigenvalue weighted by molar-refractivity contribution is -0.136. The van der Waals surface area contributed by atoms with Crippen LogP contribution >= 0.6 is 0 Å². The van der Waals surface area contributed by atoms with Gasteiger partial charge in [-0.15, -0.1) is 0 Å². The molecular weight excluding hydrogens is 384 g/mol. The molecule has 0 radical (unpaired) electrons. The number of amides is 1. The summed E-state index contributed by atoms with van der Waals surface area (Å²) in [6.45, 7) is 2.00. The van der Waals surface area contributed by atoms with E-state index in [-0.39, 0.29) is 24.1 Å². The van der Waals surface area contributed by atoms with E-state index in [0.717, 1.165) is 44.9 Å². The van der Waals surface area contributed by atoms with E-state index >= 15 is 0 Å². The molecule has 1 amide bonds. The fraction of sp³-hybridized carbons (Fsp3) is 0.773. The normalized spacial score (nSPS) is 39.7. The van der Waals surface area contributed by atoms with Gasteiger partial charge in [0.2, 0.25) is 5.95 Å². The fourth-order valence-corrected chi connectivity index (χ4v) is 6.63. The Balaban J connectivity index is 1.23. The first-order valence-electron chi connectivity index (χ1n) is 11.4. The summed E-state index contributed by atoms with van der Waals surface area (Å²) >= 11 is 0. The van der Waals surface area contributed by atoms with Gasteiger partial charge in [0.05, 0.1) is 36.1 Å². The van der Waals surface area contributed by atoms with E-state index in [9.17, 15) is 9.90 Å². The second-order valence-electron chi connectivity index (χ2n) is 10.1. The number of aliphatic hydroxyl groups is 1. The lowest BCUT2D eigenvalue weighted by Crippen LogP contribution is -2.61. The number of hydrogen-bond donors (Lipinski definition) is 3. The SMILES string of the molecule is O=C(NC1C2CC3CC1CC(O)(C3)C2)c1cnc(NC2COC2)nc1[C@H]1CCCO1. The highest BCUT2D eigenvalue weighted by molar-refractivity contribution is 5.95. The Morgan fingerprint density at radius 3 is 2.63 bits per heavy atom. The van der Waals surface area contributed by atoms with Crippen LogP contribution in [-0.2, 0) is 9.47 Å². The predicted octanol–water partition coefficient (Wildman–Crippen LogP) is 1.81. The number of carbonyl (C=O) groups excluding carboxylic acids is 1. The van der Waals surface area contributed by atoms with E-state index in [4.69, 9.17) is 9.47 Å². The Hall–Kier alpha value is -1.77. The van der Waals surface area contributed by atoms with Crippen LogP contribution in [0.3, 0.4) is 0 Å². The lowest BCUT2D eigenvalue weighted by Gasteiger charge is -2.58. The Morgan fingerprint density at radius 1 is 1.20 bits per heavy atom. The predicted molar refractivity (Wildman–Crippen MR) is 108 cm³/mol. The molecule has 4 aliphatic carbocycles. The first-order valence-corrected chi connectivity index (χ1v) is 11.4. The molecule has 6 aliphatic rings. The molecule has 3 heterocycles. The van der Waals surface area contributed by atoms with Gasteiger partial charge in [-0.3, -0.25) is 4.79 Å². The summed E-state index contributed by atoms with van der Waals surface area (Å²) in [6.07, 6.45) is 8.12. The second-order valence-corrected chi connectivity index (χ2v) is 10.1. The average molecular weight is 415 g/mol. The van der Waals surface area contributed by atoms with E-state index in [2.05, 4.69) is 20.6 Å². The third kappa shape index (κ3) is 3.29. The van der Waals surface area contributed by atoms with Gasteiger partial charge in [-0.2, -0.15) is 0 Å². The third-order valence-electron chi connectivity index (χ3n) is 7.81. The highest BCUT2D eigenvalue weighted by Crippen LogP contribution is 2.55. The molecule has 3 N–H and O–H groups in total. The van der Waals surface area contributed by atoms with E-state index in [0.29, 0.717) is 54.8 Å². The van der Waals surface area contributed by atoms with E-state index < -0.39 is 5.60 Å². The van der Waals surface area contributed by atoms with Crippen LogP contribution in [-0.4, -0.2) is 58.5 Å². The average Bonchev–Trinajstić information content (AvgIpc) is 3.21. The molecule has 1 aromatic rings. The van der Waals surface area contributed by atoms with E-state index in [1.807, 2.05) is 0 Å². The number of anilines is 1. The van der Waals surface area contributed by atoms with Crippen LogP contribution in [0.2, 0.25) is 0 Å². The number of aromatic nitrogens is 2. The summed E-state index contributed by atoms with van der Waals surface area (Å²) in [6, 6.07) is 0.359. The number of nitrogens with one attached hydrogen (secondary N) is 2. The van der Waals surface area contributed by atoms with Crippen molar-refractivity contribution in [3.05, 3.63) is 17.5 Å². The summed E-state index contributed by atoms with van der Waals surface area (Å²) < 4.78 is 11.1. The van der Waals surface area contributed by atoms with Gasteiger partial charge < -0.3 is 25.2 Å². The van der Waals surface area contributed by atoms with Crippen molar-refractivity contribution >= 4 is 11.9 Å². The molecule has 1 aromatic heterocycles. The quantitative estimate of drug-likeness (QED) is 0.675. The molecule has 8 heteroatoms. The van der Waals surface area contributed by atoms with Gasteiger partial charge >= 0.3 is 0 Å². The van der Waals surface area contributed by atoms with Crippen molar-refractivity contribution in [1.82, 2.24) is 15.3 Å². The van der Waals surface area contributed by atoms with Crippen molar-refractivity contribution in [3.63, 3.8) is 0 Å². The van der Waals surface area contributed by atoms with Crippen molar-refractivity contribution in [2.75, 3.05) is 25.1 Å². The fourth-order valence-electron chi connectivity index (χ4n) is 6.63. The summed E-state index contributed by atoms with van der Waals surface area (Å²) in [7, 11) is 0. The maximum atomic E-state index is 13.3. The summed E-state index contributed by atoms with van der Waals surface area (Å²) in [5.41, 5.74) is 0.706. The van der Waals surface area contributed by atoms with Gasteiger partial charge in [0.25, 0.3) is 5.91 Å². The van der Waals surface area contributed by atoms with Crippen LogP contribution in [0.5, 0.6) is 0 Å². The zero-order chi connectivity index (χ0) is 20.3. The standard InChI is InChI=1S/C22H30N4O4/c27-20(25-18-13-4-12-5-14(18)8-22(28,6-12)7-13)16-9-23-21(24-15-10-29-11-15)26-19(16)17-2-1-3-30-17/h9,12-15,17-18,28H,1-8,10-11H2,(H,25,27)(H,23,24,26)/t12?,13?,14?,17-,18?,22?/m1/s1. The molecule has 162 valence electrons. The molecule has 0 spiro atoms. The first-order chi connectivity index (χ1) is 14.6. The number of nitrogens with zero attached hydrogens (tertiary/aromatic N) is 2. The van der Waals surface area contributed by atoms with Gasteiger partial charge in [-0.05, 0) is 62.7 Å². The minimum absolute atomic E-state index is 0.108. The molecule has 3 atom stereocenters. The molecule has 6 fully saturated rings. The monoisotopic (exact) mass is 414 g/mol. The smallest absolute Gasteiger partial charge is 0.255 e. The molecule has 4 saturated carbocycles. The molecule has 8 nitrogen and oxygen atoms in total. The third-order valence-corrected chi connectivity index (χ3v) is 7.81. The number of rotatable bonds is 5. The molecule has 2 aliphatic heterocycles. The number of ether oxygens (including phenoxy) is 2. The van der Waals surface area contributed by atoms with Crippen LogP contribution in [0.1, 0.15) is 67.1 Å². The molecular formula is C22H30N4O4. The minimum atomic E-state index is -0.498. The summed E-state index contributed by atoms with van der Waals surface area (Å²) in [5.74, 6) is 1.78. The minimum Gasteiger partial charge on any atom is -0.390 e. The topological polar surface area (TPSA) is 106 Å². The number of hydrogen-bond acceptors (Lipinski definition) is 7. The Labute approximate surface area is 176 Å². The highest BCUT2D eigenvalue weighted by atomic mass is 16.5. The molecule has 4 bridgehead atoms. The molecule has 2 unspecified atom stereocenters. The molecule has 7 rings (SSSR count). The van der Waals surface area contributed by atoms with Crippen LogP contribution < -0.4 is 10.6 Å². The maximum Gasteiger partial charge on any atom is 0.255 e. The molecule has 2 saturated heterocycles. The molecule has 30 heavy (non-hydrogen) atoms. The Kier molecular flexibility index (Phi) is 4.51. The van der Waals surface area contributed by atoms with Crippen LogP contribution in [0.4, 0.5) is 5.95 Å². The molecule has 0 aromatic carbocycles. The highest BCUT2D eigenvalue weighted by Gasteiger charge is 2.55. The lowest BCUT2D eigenvalue weighted by atomic mass is 9.52. The van der Waals surface area contributed by atoms with Crippen molar-refractivity contribution < 1.29 is 19.4 Å². The van der Waals surface area contributed by atoms with Crippen LogP contribution in [0.15, 0.2) is 6.20 Å². The summed E-state index contributed by atoms with van der Waals surface area (Å²) in [4.78, 5) is 22.4. The first kappa shape index (κ1) is 19.0. The Bertz CT molecular complexity index is 822. The maximum absolute atomic E-state index is 13.3. The zero-order valence-corrected chi connectivity index (χ0v) is 17.2. The van der Waals surface area contributed by atoms with Crippen molar-refractivity contribution in [2.45, 2.75) is 68.7 Å². The van der Waals surface area contributed by atoms with Gasteiger partial charge in [0, 0.05) is 18.8 Å². The van der Waals surface area contributed by atoms with E-state index in [1.165, 1.54) is 0 Å². The largest absolute Gasteiger partial charge is 0.390 e. The van der Waals surface area contributed by atoms with Crippen LogP contribution in [0, 0.1) is 17.8 Å². The summed E-state index contributed by atoms with van der Waals surface area (Å²) in [5, 5.41) is 17.4. The van der Waals surface area contributed by atoms with Crippen molar-refractivity contribution in [3.8, 4) is 0 Å². The zero-order valence-electron chi connectivity index (χ0n) is 17.2. The Morgan fingerprint density at radius 2 is 2.00 bits per heavy atom. The van der Waals surface area contributed by atoms with Crippen LogP contribution in [0.25, 0.3) is 0 Å². The van der Waals surface area contributed by atoms with Gasteiger partial charge in [-0.25, -0.2) is 9.97 Å². The van der Waals surface area contributed by atoms with E-state index in [1.54, 1.807) is 6.20 Å². The van der Waals surface area contributed by atoms with Gasteiger partial charge in [0.1, 0.15) is 6.10 Å². The van der Waals surface area contributed by atoms with Crippen molar-refractivity contribution in [2.24, 2.45) is 17.8 Å². The van der Waals surface area contributed by atoms with Crippen molar-refractivity contribution in [1.29, 1.82) is 0 Å².